The van der Waals surface area contributed by atoms with E-state index in [-0.39, 0.29) is 11.9 Å². The first kappa shape index (κ1) is 17.1. The molecule has 4 nitrogen and oxygen atoms in total. The summed E-state index contributed by atoms with van der Waals surface area (Å²) in [4.78, 5) is 11.1. The van der Waals surface area contributed by atoms with E-state index < -0.39 is 0 Å². The van der Waals surface area contributed by atoms with Gasteiger partial charge in [-0.15, -0.1) is 0 Å². The summed E-state index contributed by atoms with van der Waals surface area (Å²) in [7, 11) is 5.38. The zero-order valence-electron chi connectivity index (χ0n) is 10.9. The maximum Gasteiger partial charge on any atom is 0.308 e. The summed E-state index contributed by atoms with van der Waals surface area (Å²) >= 11 is 0. The van der Waals surface area contributed by atoms with Crippen LogP contribution in [0.5, 0.6) is 0 Å². The fraction of sp³-hybridized carbons (Fsp3) is 0.909. The van der Waals surface area contributed by atoms with Crippen molar-refractivity contribution in [3.8, 4) is 0 Å². The molecule has 0 rings (SSSR count). The van der Waals surface area contributed by atoms with Crippen molar-refractivity contribution in [3.63, 3.8) is 0 Å². The molecule has 0 aromatic rings. The molecule has 0 aromatic carbocycles. The van der Waals surface area contributed by atoms with Gasteiger partial charge in [0, 0.05) is 18.1 Å². The molecule has 102 valence electrons. The zero-order chi connectivity index (χ0) is 12.9. The van der Waals surface area contributed by atoms with Gasteiger partial charge in [0.2, 0.25) is 0 Å². The van der Waals surface area contributed by atoms with Crippen molar-refractivity contribution in [3.05, 3.63) is 0 Å². The summed E-state index contributed by atoms with van der Waals surface area (Å²) < 4.78 is 10.4. The third kappa shape index (κ3) is 12.3. The van der Waals surface area contributed by atoms with E-state index in [1.165, 1.54) is 0 Å². The molecule has 0 atom stereocenters. The minimum absolute atomic E-state index is 0.0340. The first-order chi connectivity index (χ1) is 8.18. The van der Waals surface area contributed by atoms with Gasteiger partial charge in [0.05, 0.1) is 19.1 Å². The highest BCUT2D eigenvalue weighted by Crippen LogP contribution is 2.20. The fourth-order valence-electron chi connectivity index (χ4n) is 0.830. The lowest BCUT2D eigenvalue weighted by atomic mass is 10.2. The van der Waals surface area contributed by atoms with Gasteiger partial charge in [-0.1, -0.05) is 35.4 Å². The normalized spacial score (nSPS) is 10.8. The van der Waals surface area contributed by atoms with Crippen molar-refractivity contribution in [2.45, 2.75) is 13.8 Å². The van der Waals surface area contributed by atoms with Gasteiger partial charge in [0.1, 0.15) is 6.61 Å². The van der Waals surface area contributed by atoms with Crippen LogP contribution in [0.1, 0.15) is 13.8 Å². The Hall–Kier alpha value is 0.0900. The molecule has 0 fully saturated rings. The molecular weight excluding hydrogens is 258 g/mol. The van der Waals surface area contributed by atoms with E-state index in [2.05, 4.69) is 5.32 Å². The number of carbonyl (C=O) groups excluding carboxylic acids is 1. The van der Waals surface area contributed by atoms with Crippen molar-refractivity contribution in [2.24, 2.45) is 5.92 Å². The van der Waals surface area contributed by atoms with Gasteiger partial charge < -0.3 is 14.8 Å². The molecule has 0 spiro atoms. The van der Waals surface area contributed by atoms with E-state index in [1.807, 2.05) is 20.9 Å². The Morgan fingerprint density at radius 2 is 1.82 bits per heavy atom. The minimum atomic E-state index is -0.119. The lowest BCUT2D eigenvalue weighted by Gasteiger charge is -2.06. The highest BCUT2D eigenvalue weighted by molar-refractivity contribution is 8.76. The van der Waals surface area contributed by atoms with Gasteiger partial charge in [-0.05, 0) is 7.05 Å². The predicted molar refractivity (Wildman–Crippen MR) is 75.5 cm³/mol. The lowest BCUT2D eigenvalue weighted by Crippen LogP contribution is -2.15. The largest absolute Gasteiger partial charge is 0.465 e. The van der Waals surface area contributed by atoms with Crippen LogP contribution >= 0.6 is 21.6 Å². The molecule has 0 saturated carbocycles. The van der Waals surface area contributed by atoms with Crippen molar-refractivity contribution in [1.82, 2.24) is 5.32 Å². The Balaban J connectivity index is 3.06. The number of esters is 1. The van der Waals surface area contributed by atoms with Crippen LogP contribution in [0.25, 0.3) is 0 Å². The van der Waals surface area contributed by atoms with Gasteiger partial charge in [0.25, 0.3) is 0 Å². The summed E-state index contributed by atoms with van der Waals surface area (Å²) in [6, 6.07) is 0. The Morgan fingerprint density at radius 1 is 1.18 bits per heavy atom. The second kappa shape index (κ2) is 12.5. The zero-order valence-corrected chi connectivity index (χ0v) is 12.5. The molecule has 0 radical (unpaired) electrons. The number of ether oxygens (including phenoxy) is 2. The maximum atomic E-state index is 11.1. The van der Waals surface area contributed by atoms with E-state index in [0.717, 1.165) is 31.3 Å². The Bertz CT molecular complexity index is 192. The van der Waals surface area contributed by atoms with Gasteiger partial charge in [-0.2, -0.15) is 0 Å². The number of hydrogen-bond donors (Lipinski definition) is 1. The van der Waals surface area contributed by atoms with E-state index in [9.17, 15) is 4.79 Å². The average Bonchev–Trinajstić information content (AvgIpc) is 2.31. The standard InChI is InChI=1S/C11H23NO3S2/c1-10(2)11(13)15-7-9-17-16-8-6-14-5-4-12-3/h10,12H,4-9H2,1-3H3. The number of likely N-dealkylation sites (N-methyl/N-ethyl adjacent to an activating group) is 1. The minimum Gasteiger partial charge on any atom is -0.465 e. The van der Waals surface area contributed by atoms with Crippen molar-refractivity contribution >= 4 is 27.6 Å². The maximum absolute atomic E-state index is 11.1. The molecule has 0 unspecified atom stereocenters. The van der Waals surface area contributed by atoms with Gasteiger partial charge in [-0.3, -0.25) is 4.79 Å². The van der Waals surface area contributed by atoms with Crippen molar-refractivity contribution < 1.29 is 14.3 Å². The SMILES string of the molecule is CNCCOCCSSCCOC(=O)C(C)C. The molecule has 0 saturated heterocycles. The topological polar surface area (TPSA) is 47.6 Å². The third-order valence-electron chi connectivity index (χ3n) is 1.77. The van der Waals surface area contributed by atoms with Crippen LogP contribution in [-0.4, -0.2) is 50.9 Å². The van der Waals surface area contributed by atoms with E-state index in [1.54, 1.807) is 21.6 Å². The summed E-state index contributed by atoms with van der Waals surface area (Å²) in [5.41, 5.74) is 0. The quantitative estimate of drug-likeness (QED) is 0.354. The predicted octanol–water partition coefficient (Wildman–Crippen LogP) is 1.80. The summed E-state index contributed by atoms with van der Waals surface area (Å²) in [5, 5.41) is 3.02. The summed E-state index contributed by atoms with van der Waals surface area (Å²) in [6.45, 7) is 6.59. The summed E-state index contributed by atoms with van der Waals surface area (Å²) in [6.07, 6.45) is 0. The number of nitrogens with one attached hydrogen (secondary N) is 1. The number of carbonyl (C=O) groups is 1. The molecule has 17 heavy (non-hydrogen) atoms. The molecule has 6 heteroatoms. The molecule has 0 aliphatic heterocycles. The number of hydrogen-bond acceptors (Lipinski definition) is 6. The van der Waals surface area contributed by atoms with E-state index in [4.69, 9.17) is 9.47 Å². The average molecular weight is 281 g/mol. The monoisotopic (exact) mass is 281 g/mol. The summed E-state index contributed by atoms with van der Waals surface area (Å²) in [5.74, 6) is 1.64. The molecule has 0 aliphatic rings. The lowest BCUT2D eigenvalue weighted by molar-refractivity contribution is -0.146. The molecule has 0 amide bonds. The highest BCUT2D eigenvalue weighted by Gasteiger charge is 2.07. The third-order valence-corrected chi connectivity index (χ3v) is 4.11. The van der Waals surface area contributed by atoms with Gasteiger partial charge in [-0.25, -0.2) is 0 Å². The van der Waals surface area contributed by atoms with Crippen LogP contribution < -0.4 is 5.32 Å². The second-order valence-corrected chi connectivity index (χ2v) is 6.38. The molecule has 0 aliphatic carbocycles. The van der Waals surface area contributed by atoms with Crippen molar-refractivity contribution in [2.75, 3.05) is 44.9 Å². The van der Waals surface area contributed by atoms with Gasteiger partial charge >= 0.3 is 5.97 Å². The van der Waals surface area contributed by atoms with Crippen LogP contribution in [0.2, 0.25) is 0 Å². The second-order valence-electron chi connectivity index (χ2n) is 3.68. The first-order valence-electron chi connectivity index (χ1n) is 5.82. The first-order valence-corrected chi connectivity index (χ1v) is 8.30. The van der Waals surface area contributed by atoms with Crippen LogP contribution in [-0.2, 0) is 14.3 Å². The molecular formula is C11H23NO3S2. The molecule has 0 bridgehead atoms. The van der Waals surface area contributed by atoms with E-state index >= 15 is 0 Å². The molecule has 0 aromatic heterocycles. The van der Waals surface area contributed by atoms with Gasteiger partial charge in [0.15, 0.2) is 0 Å². The number of rotatable bonds is 11. The molecule has 1 N–H and O–H groups in total. The van der Waals surface area contributed by atoms with Crippen molar-refractivity contribution in [1.29, 1.82) is 0 Å². The van der Waals surface area contributed by atoms with Crippen LogP contribution in [0.3, 0.4) is 0 Å². The van der Waals surface area contributed by atoms with Crippen LogP contribution in [0, 0.1) is 5.92 Å². The Morgan fingerprint density at radius 3 is 2.41 bits per heavy atom. The highest BCUT2D eigenvalue weighted by atomic mass is 33.1. The fourth-order valence-corrected chi connectivity index (χ4v) is 2.52. The molecule has 0 heterocycles. The van der Waals surface area contributed by atoms with Crippen LogP contribution in [0.15, 0.2) is 0 Å². The Labute approximate surface area is 112 Å². The van der Waals surface area contributed by atoms with E-state index in [0.29, 0.717) is 6.61 Å². The van der Waals surface area contributed by atoms with Crippen LogP contribution in [0.4, 0.5) is 0 Å². The smallest absolute Gasteiger partial charge is 0.308 e. The Kier molecular flexibility index (Phi) is 12.6.